The molecule has 0 unspecified atom stereocenters. The zero-order valence-corrected chi connectivity index (χ0v) is 21.8. The van der Waals surface area contributed by atoms with E-state index < -0.39 is 0 Å². The number of carbonyl (C=O) groups excluding carboxylic acids is 2. The number of nitrogens with one attached hydrogen (secondary N) is 2. The lowest BCUT2D eigenvalue weighted by atomic mass is 9.92. The number of rotatable bonds is 8. The lowest BCUT2D eigenvalue weighted by Crippen LogP contribution is -2.41. The molecule has 0 radical (unpaired) electrons. The summed E-state index contributed by atoms with van der Waals surface area (Å²) in [6, 6.07) is 16.5. The summed E-state index contributed by atoms with van der Waals surface area (Å²) < 4.78 is 1.64. The Morgan fingerprint density at radius 2 is 1.80 bits per heavy atom. The first-order chi connectivity index (χ1) is 16.6. The summed E-state index contributed by atoms with van der Waals surface area (Å²) in [7, 11) is 0. The van der Waals surface area contributed by atoms with Gasteiger partial charge in [-0.05, 0) is 43.2 Å². The van der Waals surface area contributed by atoms with Gasteiger partial charge in [0.15, 0.2) is 0 Å². The zero-order valence-electron chi connectivity index (χ0n) is 21.1. The van der Waals surface area contributed by atoms with Crippen molar-refractivity contribution in [2.75, 3.05) is 23.7 Å². The van der Waals surface area contributed by atoms with E-state index in [-0.39, 0.29) is 23.9 Å². The fourth-order valence-electron chi connectivity index (χ4n) is 3.53. The van der Waals surface area contributed by atoms with Crippen LogP contribution < -0.4 is 10.6 Å². The summed E-state index contributed by atoms with van der Waals surface area (Å²) in [4.78, 5) is 27.6. The number of carbonyl (C=O) groups is 2. The minimum absolute atomic E-state index is 0.0871. The second kappa shape index (κ2) is 11.4. The molecule has 0 aliphatic rings. The number of anilines is 2. The van der Waals surface area contributed by atoms with E-state index in [1.807, 2.05) is 62.4 Å². The van der Waals surface area contributed by atoms with Crippen LogP contribution in [0, 0.1) is 6.92 Å². The molecule has 7 nitrogen and oxygen atoms in total. The summed E-state index contributed by atoms with van der Waals surface area (Å²) in [5.41, 5.74) is 2.99. The molecule has 0 saturated heterocycles. The fourth-order valence-corrected chi connectivity index (χ4v) is 3.74. The second-order valence-electron chi connectivity index (χ2n) is 9.65. The predicted molar refractivity (Wildman–Crippen MR) is 143 cm³/mol. The number of amides is 3. The first-order valence-electron chi connectivity index (χ1n) is 11.9. The smallest absolute Gasteiger partial charge is 0.315 e. The molecule has 0 atom stereocenters. The van der Waals surface area contributed by atoms with Crippen LogP contribution in [0.15, 0.2) is 54.6 Å². The molecule has 1 aromatic heterocycles. The van der Waals surface area contributed by atoms with Crippen molar-refractivity contribution in [3.05, 3.63) is 70.9 Å². The number of unbranched alkanes of at least 4 members (excludes halogenated alkanes) is 1. The molecule has 186 valence electrons. The molecule has 0 aliphatic carbocycles. The van der Waals surface area contributed by atoms with Gasteiger partial charge in [-0.25, -0.2) is 9.48 Å². The van der Waals surface area contributed by atoms with Gasteiger partial charge in [0.1, 0.15) is 12.4 Å². The molecule has 2 N–H and O–H groups in total. The highest BCUT2D eigenvalue weighted by molar-refractivity contribution is 6.32. The van der Waals surface area contributed by atoms with Crippen LogP contribution in [0.4, 0.5) is 16.3 Å². The molecule has 0 spiro atoms. The van der Waals surface area contributed by atoms with E-state index in [9.17, 15) is 9.59 Å². The van der Waals surface area contributed by atoms with E-state index in [1.54, 1.807) is 10.7 Å². The summed E-state index contributed by atoms with van der Waals surface area (Å²) in [5.74, 6) is 0.191. The quantitative estimate of drug-likeness (QED) is 0.379. The lowest BCUT2D eigenvalue weighted by Gasteiger charge is -2.22. The van der Waals surface area contributed by atoms with E-state index >= 15 is 0 Å². The fraction of sp³-hybridized carbons (Fsp3) is 0.370. The van der Waals surface area contributed by atoms with E-state index in [0.29, 0.717) is 28.8 Å². The van der Waals surface area contributed by atoms with Crippen molar-refractivity contribution in [3.8, 4) is 5.69 Å². The zero-order chi connectivity index (χ0) is 25.6. The van der Waals surface area contributed by atoms with Crippen LogP contribution in [0.5, 0.6) is 0 Å². The van der Waals surface area contributed by atoms with Gasteiger partial charge < -0.3 is 15.5 Å². The largest absolute Gasteiger partial charge is 0.322 e. The Morgan fingerprint density at radius 1 is 1.06 bits per heavy atom. The van der Waals surface area contributed by atoms with Crippen LogP contribution in [-0.4, -0.2) is 39.7 Å². The predicted octanol–water partition coefficient (Wildman–Crippen LogP) is 6.40. The highest BCUT2D eigenvalue weighted by Gasteiger charge is 2.23. The van der Waals surface area contributed by atoms with Gasteiger partial charge >= 0.3 is 6.03 Å². The first-order valence-corrected chi connectivity index (χ1v) is 12.2. The Hall–Kier alpha value is -3.32. The molecule has 3 rings (SSSR count). The Kier molecular flexibility index (Phi) is 8.57. The van der Waals surface area contributed by atoms with Gasteiger partial charge in [0, 0.05) is 23.7 Å². The van der Waals surface area contributed by atoms with Crippen molar-refractivity contribution in [1.82, 2.24) is 14.7 Å². The van der Waals surface area contributed by atoms with Crippen molar-refractivity contribution in [1.29, 1.82) is 0 Å². The van der Waals surface area contributed by atoms with Crippen LogP contribution in [0.2, 0.25) is 5.02 Å². The van der Waals surface area contributed by atoms with Crippen molar-refractivity contribution in [3.63, 3.8) is 0 Å². The molecule has 1 heterocycles. The maximum Gasteiger partial charge on any atom is 0.322 e. The second-order valence-corrected chi connectivity index (χ2v) is 10.1. The SMILES string of the molecule is CCCCN(CC(=O)Nc1cc(C(C)(C)C)nn1-c1ccccc1Cl)C(=O)Nc1cccc(C)c1. The summed E-state index contributed by atoms with van der Waals surface area (Å²) in [5, 5.41) is 11.1. The highest BCUT2D eigenvalue weighted by atomic mass is 35.5. The Morgan fingerprint density at radius 3 is 2.46 bits per heavy atom. The minimum Gasteiger partial charge on any atom is -0.315 e. The topological polar surface area (TPSA) is 79.3 Å². The first kappa shape index (κ1) is 26.3. The number of para-hydroxylation sites is 1. The van der Waals surface area contributed by atoms with Crippen molar-refractivity contribution in [2.24, 2.45) is 0 Å². The van der Waals surface area contributed by atoms with E-state index in [4.69, 9.17) is 16.7 Å². The number of benzene rings is 2. The normalized spacial score (nSPS) is 11.3. The number of halogens is 1. The Balaban J connectivity index is 1.82. The van der Waals surface area contributed by atoms with Crippen LogP contribution in [0.25, 0.3) is 5.69 Å². The number of hydrogen-bond donors (Lipinski definition) is 2. The molecule has 0 fully saturated rings. The number of aromatic nitrogens is 2. The maximum atomic E-state index is 13.1. The van der Waals surface area contributed by atoms with Gasteiger partial charge in [-0.3, -0.25) is 4.79 Å². The third-order valence-electron chi connectivity index (χ3n) is 5.50. The van der Waals surface area contributed by atoms with Gasteiger partial charge in [0.25, 0.3) is 0 Å². The molecule has 3 amide bonds. The van der Waals surface area contributed by atoms with Crippen molar-refractivity contribution in [2.45, 2.75) is 52.9 Å². The lowest BCUT2D eigenvalue weighted by molar-refractivity contribution is -0.116. The van der Waals surface area contributed by atoms with Crippen LogP contribution in [0.3, 0.4) is 0 Å². The van der Waals surface area contributed by atoms with E-state index in [0.717, 1.165) is 24.1 Å². The molecule has 2 aromatic carbocycles. The molecule has 3 aromatic rings. The molecular formula is C27H34ClN5O2. The van der Waals surface area contributed by atoms with E-state index in [2.05, 4.69) is 31.4 Å². The maximum absolute atomic E-state index is 13.1. The highest BCUT2D eigenvalue weighted by Crippen LogP contribution is 2.29. The summed E-state index contributed by atoms with van der Waals surface area (Å²) >= 11 is 6.43. The van der Waals surface area contributed by atoms with Gasteiger partial charge in [-0.2, -0.15) is 5.10 Å². The standard InChI is InChI=1S/C27H34ClN5O2/c1-6-7-15-32(26(35)29-20-12-10-11-19(2)16-20)18-25(34)30-24-17-23(27(3,4)5)31-33(24)22-14-9-8-13-21(22)28/h8-14,16-17H,6-7,15,18H2,1-5H3,(H,29,35)(H,30,34). The van der Waals surface area contributed by atoms with Gasteiger partial charge in [-0.1, -0.05) is 70.0 Å². The van der Waals surface area contributed by atoms with E-state index in [1.165, 1.54) is 4.90 Å². The average Bonchev–Trinajstić information content (AvgIpc) is 3.21. The minimum atomic E-state index is -0.311. The van der Waals surface area contributed by atoms with Gasteiger partial charge in [-0.15, -0.1) is 0 Å². The molecule has 8 heteroatoms. The number of nitrogens with zero attached hydrogens (tertiary/aromatic N) is 3. The molecule has 0 bridgehead atoms. The van der Waals surface area contributed by atoms with Crippen molar-refractivity contribution >= 4 is 35.0 Å². The van der Waals surface area contributed by atoms with Crippen LogP contribution in [-0.2, 0) is 10.2 Å². The Labute approximate surface area is 212 Å². The molecule has 35 heavy (non-hydrogen) atoms. The summed E-state index contributed by atoms with van der Waals surface area (Å²) in [6.45, 7) is 10.6. The molecule has 0 saturated carbocycles. The van der Waals surface area contributed by atoms with Crippen LogP contribution >= 0.6 is 11.6 Å². The number of aryl methyl sites for hydroxylation is 1. The monoisotopic (exact) mass is 495 g/mol. The van der Waals surface area contributed by atoms with Gasteiger partial charge in [0.05, 0.1) is 16.4 Å². The third kappa shape index (κ3) is 7.09. The number of urea groups is 1. The van der Waals surface area contributed by atoms with Crippen molar-refractivity contribution < 1.29 is 9.59 Å². The average molecular weight is 496 g/mol. The molecular weight excluding hydrogens is 462 g/mol. The van der Waals surface area contributed by atoms with Crippen LogP contribution in [0.1, 0.15) is 51.8 Å². The third-order valence-corrected chi connectivity index (χ3v) is 5.82. The molecule has 0 aliphatic heterocycles. The number of hydrogen-bond acceptors (Lipinski definition) is 3. The van der Waals surface area contributed by atoms with Gasteiger partial charge in [0.2, 0.25) is 5.91 Å². The Bertz CT molecular complexity index is 1180. The summed E-state index contributed by atoms with van der Waals surface area (Å²) in [6.07, 6.45) is 1.70.